The van der Waals surface area contributed by atoms with Crippen molar-refractivity contribution in [1.82, 2.24) is 0 Å². The van der Waals surface area contributed by atoms with Crippen LogP contribution in [-0.2, 0) is 25.7 Å². The third-order valence-electron chi connectivity index (χ3n) is 29.4. The molecule has 0 spiro atoms. The lowest BCUT2D eigenvalue weighted by atomic mass is 9.78. The lowest BCUT2D eigenvalue weighted by Crippen LogP contribution is -2.60. The van der Waals surface area contributed by atoms with Crippen LogP contribution in [0.4, 0.5) is 74.6 Å². The van der Waals surface area contributed by atoms with Gasteiger partial charge < -0.3 is 18.9 Å². The lowest BCUT2D eigenvalue weighted by molar-refractivity contribution is -0.396. The molecule has 0 saturated heterocycles. The van der Waals surface area contributed by atoms with E-state index in [9.17, 15) is 74.6 Å². The Balaban J connectivity index is 0.000000320. The van der Waals surface area contributed by atoms with Crippen molar-refractivity contribution in [3.8, 4) is 23.0 Å². The molecule has 4 saturated carbocycles. The number of ether oxygens (including phenoxy) is 4. The van der Waals surface area contributed by atoms with E-state index in [-0.39, 0.29) is 45.5 Å². The van der Waals surface area contributed by atoms with Crippen molar-refractivity contribution in [2.24, 2.45) is 47.3 Å². The van der Waals surface area contributed by atoms with E-state index in [1.54, 1.807) is 0 Å². The van der Waals surface area contributed by atoms with E-state index < -0.39 is 73.8 Å². The van der Waals surface area contributed by atoms with Crippen molar-refractivity contribution in [2.75, 3.05) is 26.4 Å². The van der Waals surface area contributed by atoms with Crippen LogP contribution in [0.25, 0.3) is 0 Å². The maximum Gasteiger partial charge on any atom is 0.460 e. The van der Waals surface area contributed by atoms with Crippen LogP contribution in [0.5, 0.6) is 23.0 Å². The van der Waals surface area contributed by atoms with Crippen LogP contribution in [0.1, 0.15) is 443 Å². The summed E-state index contributed by atoms with van der Waals surface area (Å²) in [5, 5.41) is 0. The van der Waals surface area contributed by atoms with E-state index >= 15 is 0 Å². The molecule has 778 valence electrons. The topological polar surface area (TPSA) is 36.9 Å². The van der Waals surface area contributed by atoms with Gasteiger partial charge >= 0.3 is 36.0 Å². The summed E-state index contributed by atoms with van der Waals surface area (Å²) in [5.74, 6) is -13.1. The highest BCUT2D eigenvalue weighted by Gasteiger charge is 2.81. The SMILES string of the molecule is CCCCCC1CCC(CCc2ccc(OCCCCCCC(F)(F)C(F)(F)C(F)(F)C(F)(F)F)cc2)CC1.CCCCCC1CCC(CCc2ccc(OCCCCCCCCCCC(F)(F)C(F)(F)F)cc2)CC1.CCCCCC1CCC(CCc2ccc(OC[C@H](F)[C@@H](F)CCCCC)cc2)CC1.CCCCCC[C@@H](F)COc1ccc(CCC2CCC(CCCCC)CC2)cc1. The predicted octanol–water partition coefficient (Wildman–Crippen LogP) is 39.2. The Morgan fingerprint density at radius 1 is 0.237 bits per heavy atom. The van der Waals surface area contributed by atoms with Gasteiger partial charge in [0.25, 0.3) is 0 Å². The number of unbranched alkanes of at least 4 members (excludes halogenated alkanes) is 23. The predicted molar refractivity (Wildman–Crippen MR) is 524 cm³/mol. The molecule has 0 unspecified atom stereocenters. The van der Waals surface area contributed by atoms with E-state index in [2.05, 4.69) is 90.1 Å². The van der Waals surface area contributed by atoms with Gasteiger partial charge in [-0.25, -0.2) is 13.2 Å². The molecular weight excluding hydrogens is 1760 g/mol. The summed E-state index contributed by atoms with van der Waals surface area (Å²) < 4.78 is 242. The number of aryl methyl sites for hydroxylation is 4. The first-order valence-electron chi connectivity index (χ1n) is 54.2. The first-order valence-corrected chi connectivity index (χ1v) is 54.2. The number of halogens is 17. The average Bonchev–Trinajstić information content (AvgIpc) is 0.743. The zero-order valence-electron chi connectivity index (χ0n) is 84.0. The summed E-state index contributed by atoms with van der Waals surface area (Å²) in [5.41, 5.74) is 5.31. The summed E-state index contributed by atoms with van der Waals surface area (Å²) in [4.78, 5) is 0. The van der Waals surface area contributed by atoms with Gasteiger partial charge in [-0.15, -0.1) is 0 Å². The maximum atomic E-state index is 13.9. The van der Waals surface area contributed by atoms with Crippen LogP contribution in [0.3, 0.4) is 0 Å². The molecule has 4 aliphatic rings. The van der Waals surface area contributed by atoms with Crippen LogP contribution in [0.15, 0.2) is 97.1 Å². The van der Waals surface area contributed by atoms with Gasteiger partial charge in [0.2, 0.25) is 0 Å². The van der Waals surface area contributed by atoms with Gasteiger partial charge in [-0.2, -0.15) is 61.5 Å². The molecule has 0 N–H and O–H groups in total. The van der Waals surface area contributed by atoms with E-state index in [0.717, 1.165) is 149 Å². The molecule has 0 aliphatic heterocycles. The minimum absolute atomic E-state index is 0.0355. The van der Waals surface area contributed by atoms with Gasteiger partial charge in [0.1, 0.15) is 48.6 Å². The van der Waals surface area contributed by atoms with Crippen molar-refractivity contribution in [3.05, 3.63) is 119 Å². The van der Waals surface area contributed by atoms with Crippen LogP contribution in [0.2, 0.25) is 0 Å². The third kappa shape index (κ3) is 50.9. The Bertz CT molecular complexity index is 3450. The number of alkyl halides is 17. The highest BCUT2D eigenvalue weighted by molar-refractivity contribution is 5.30. The summed E-state index contributed by atoms with van der Waals surface area (Å²) >= 11 is 0. The minimum Gasteiger partial charge on any atom is -0.494 e. The van der Waals surface area contributed by atoms with Crippen molar-refractivity contribution in [2.45, 2.75) is 501 Å². The Morgan fingerprint density at radius 2 is 0.481 bits per heavy atom. The first-order chi connectivity index (χ1) is 64.7. The fraction of sp³-hybridized carbons (Fsp3) is 0.789. The smallest absolute Gasteiger partial charge is 0.460 e. The van der Waals surface area contributed by atoms with Gasteiger partial charge in [-0.05, 0) is 208 Å². The van der Waals surface area contributed by atoms with Crippen LogP contribution in [-0.4, -0.2) is 81.0 Å². The van der Waals surface area contributed by atoms with Crippen molar-refractivity contribution < 1.29 is 93.6 Å². The Labute approximate surface area is 806 Å². The van der Waals surface area contributed by atoms with Crippen LogP contribution >= 0.6 is 0 Å². The molecular formula is C114H179F17O4. The zero-order valence-corrected chi connectivity index (χ0v) is 84.0. The molecule has 135 heavy (non-hydrogen) atoms. The fourth-order valence-corrected chi connectivity index (χ4v) is 20.0. The van der Waals surface area contributed by atoms with Gasteiger partial charge in [-0.3, -0.25) is 0 Å². The van der Waals surface area contributed by atoms with Gasteiger partial charge in [0.15, 0.2) is 6.17 Å². The molecule has 0 amide bonds. The second kappa shape index (κ2) is 68.9. The summed E-state index contributed by atoms with van der Waals surface area (Å²) in [6, 6.07) is 32.6. The van der Waals surface area contributed by atoms with Crippen molar-refractivity contribution >= 4 is 0 Å². The van der Waals surface area contributed by atoms with Gasteiger partial charge in [0, 0.05) is 12.8 Å². The monoisotopic (exact) mass is 1940 g/mol. The highest BCUT2D eigenvalue weighted by Crippen LogP contribution is 2.55. The Morgan fingerprint density at radius 3 is 0.778 bits per heavy atom. The number of rotatable bonds is 66. The summed E-state index contributed by atoms with van der Waals surface area (Å²) in [6.45, 7) is 14.2. The molecule has 0 bridgehead atoms. The second-order valence-electron chi connectivity index (χ2n) is 40.8. The molecule has 21 heteroatoms. The molecule has 3 atom stereocenters. The summed E-state index contributed by atoms with van der Waals surface area (Å²) in [6.07, 6.45) is 49.0. The standard InChI is InChI=1S/C31H49F5O.C29H41F9O.C27H44F2O.C27H45FO/c1-2-3-10-13-26-14-16-27(17-15-26)18-19-28-20-22-29(23-21-28)37-25-12-9-7-5-4-6-8-11-24-30(32,33)31(34,35)36;1-2-3-6-9-22-10-12-23(13-11-22)14-15-24-16-18-25(19-17-24)39-21-8-5-4-7-20-26(30,31)27(32,33)28(34,35)29(36,37)38;1-3-5-7-9-22-11-13-23(14-12-22)15-16-24-17-19-25(20-18-24)30-21-27(29)26(28)10-8-6-4-2;1-3-5-7-9-11-26(28)22-29-27-20-18-25(19-21-27)17-16-24-14-12-23(13-15-24)10-8-6-4-2/h20-23,26-27H,2-19,24-25H2,1H3;16-19,22-23H,2-15,20-21H2,1H3;17-20,22-23,26-27H,3-16,21H2,1-2H3;18-21,23-24,26H,3-17,22H2,1-2H3/t;;22?,23?,26-,27-;23?,24?,26-/m..01/s1. The Kier molecular flexibility index (Phi) is 61.5. The highest BCUT2D eigenvalue weighted by atomic mass is 19.4. The van der Waals surface area contributed by atoms with E-state index in [0.29, 0.717) is 43.8 Å². The van der Waals surface area contributed by atoms with Crippen LogP contribution in [0, 0.1) is 47.3 Å². The molecule has 0 radical (unpaired) electrons. The van der Waals surface area contributed by atoms with Crippen LogP contribution < -0.4 is 18.9 Å². The lowest BCUT2D eigenvalue weighted by Gasteiger charge is -2.33. The fourth-order valence-electron chi connectivity index (χ4n) is 20.0. The van der Waals surface area contributed by atoms with E-state index in [1.165, 1.54) is 266 Å². The molecule has 4 fully saturated rings. The third-order valence-corrected chi connectivity index (χ3v) is 29.4. The largest absolute Gasteiger partial charge is 0.494 e. The first kappa shape index (κ1) is 120. The average molecular weight is 1940 g/mol. The maximum absolute atomic E-state index is 13.9. The molecule has 0 aromatic heterocycles. The Hall–Kier alpha value is -5.11. The molecule has 0 heterocycles. The number of hydrogen-bond acceptors (Lipinski definition) is 4. The summed E-state index contributed by atoms with van der Waals surface area (Å²) in [7, 11) is 0. The van der Waals surface area contributed by atoms with Crippen molar-refractivity contribution in [3.63, 3.8) is 0 Å². The van der Waals surface area contributed by atoms with E-state index in [1.807, 2.05) is 48.5 Å². The quantitative estimate of drug-likeness (QED) is 0.0326. The second-order valence-corrected chi connectivity index (χ2v) is 40.8. The molecule has 8 rings (SSSR count). The molecule has 4 aliphatic carbocycles. The van der Waals surface area contributed by atoms with Gasteiger partial charge in [0.05, 0.1) is 13.2 Å². The van der Waals surface area contributed by atoms with Crippen molar-refractivity contribution in [1.29, 1.82) is 0 Å². The van der Waals surface area contributed by atoms with Gasteiger partial charge in [-0.1, -0.05) is 392 Å². The molecule has 4 aromatic rings. The van der Waals surface area contributed by atoms with E-state index in [4.69, 9.17) is 18.9 Å². The zero-order chi connectivity index (χ0) is 98.5. The normalized spacial score (nSPS) is 19.9. The number of hydrogen-bond donors (Lipinski definition) is 0. The number of benzene rings is 4. The molecule has 4 aromatic carbocycles. The minimum atomic E-state index is -6.82. The molecule has 4 nitrogen and oxygen atoms in total.